The van der Waals surface area contributed by atoms with Gasteiger partial charge >= 0.3 is 0 Å². The van der Waals surface area contributed by atoms with Crippen LogP contribution >= 0.6 is 0 Å². The van der Waals surface area contributed by atoms with Gasteiger partial charge in [0.1, 0.15) is 5.82 Å². The van der Waals surface area contributed by atoms with Gasteiger partial charge in [-0.15, -0.1) is 0 Å². The first-order valence-corrected chi connectivity index (χ1v) is 6.81. The quantitative estimate of drug-likeness (QED) is 0.854. The largest absolute Gasteiger partial charge is 0.381 e. The molecule has 3 rings (SSSR count). The topological polar surface area (TPSA) is 12.0 Å². The smallest absolute Gasteiger partial charge is 0.123 e. The van der Waals surface area contributed by atoms with Gasteiger partial charge in [-0.1, -0.05) is 37.3 Å². The Hall–Kier alpha value is -1.83. The monoisotopic (exact) mass is 255 g/mol. The molecule has 0 spiro atoms. The number of nitrogens with one attached hydrogen (secondary N) is 1. The second kappa shape index (κ2) is 5.04. The van der Waals surface area contributed by atoms with Gasteiger partial charge in [0, 0.05) is 11.7 Å². The van der Waals surface area contributed by atoms with Crippen molar-refractivity contribution in [3.8, 4) is 0 Å². The number of anilines is 1. The Morgan fingerprint density at radius 1 is 1.16 bits per heavy atom. The molecular weight excluding hydrogens is 237 g/mol. The third kappa shape index (κ3) is 2.62. The van der Waals surface area contributed by atoms with Crippen LogP contribution in [0.4, 0.5) is 10.1 Å². The summed E-state index contributed by atoms with van der Waals surface area (Å²) in [7, 11) is 0. The maximum Gasteiger partial charge on any atom is 0.123 e. The molecule has 1 N–H and O–H groups in total. The predicted octanol–water partition coefficient (Wildman–Crippen LogP) is 4.04. The van der Waals surface area contributed by atoms with E-state index in [9.17, 15) is 4.39 Å². The molecule has 0 saturated heterocycles. The van der Waals surface area contributed by atoms with Crippen molar-refractivity contribution >= 4 is 5.69 Å². The van der Waals surface area contributed by atoms with Gasteiger partial charge in [0.15, 0.2) is 0 Å². The number of hydrogen-bond donors (Lipinski definition) is 1. The standard InChI is InChI=1S/C17H18FN/c1-12-9-14-6-2-3-8-16(14)19-17(12)11-13-5-4-7-15(18)10-13/h2-8,10,12,17,19H,9,11H2,1H3. The molecule has 0 bridgehead atoms. The Kier molecular flexibility index (Phi) is 3.24. The molecule has 2 unspecified atom stereocenters. The maximum absolute atomic E-state index is 13.2. The molecule has 1 aliphatic heterocycles. The van der Waals surface area contributed by atoms with Crippen LogP contribution in [-0.4, -0.2) is 6.04 Å². The van der Waals surface area contributed by atoms with E-state index in [0.717, 1.165) is 18.4 Å². The van der Waals surface area contributed by atoms with E-state index in [1.807, 2.05) is 6.07 Å². The van der Waals surface area contributed by atoms with Crippen molar-refractivity contribution in [3.05, 3.63) is 65.5 Å². The van der Waals surface area contributed by atoms with Gasteiger partial charge in [-0.05, 0) is 48.1 Å². The lowest BCUT2D eigenvalue weighted by molar-refractivity contribution is 0.461. The Labute approximate surface area is 113 Å². The summed E-state index contributed by atoms with van der Waals surface area (Å²) in [4.78, 5) is 0. The molecule has 1 aliphatic rings. The second-order valence-electron chi connectivity index (χ2n) is 5.42. The van der Waals surface area contributed by atoms with Crippen LogP contribution in [0.2, 0.25) is 0 Å². The van der Waals surface area contributed by atoms with E-state index in [4.69, 9.17) is 0 Å². The van der Waals surface area contributed by atoms with Crippen LogP contribution in [0.5, 0.6) is 0 Å². The third-order valence-corrected chi connectivity index (χ3v) is 3.93. The van der Waals surface area contributed by atoms with Gasteiger partial charge in [-0.25, -0.2) is 4.39 Å². The highest BCUT2D eigenvalue weighted by Gasteiger charge is 2.24. The molecule has 2 heteroatoms. The molecule has 19 heavy (non-hydrogen) atoms. The summed E-state index contributed by atoms with van der Waals surface area (Å²) < 4.78 is 13.2. The molecule has 2 aromatic rings. The van der Waals surface area contributed by atoms with E-state index in [1.54, 1.807) is 12.1 Å². The zero-order valence-electron chi connectivity index (χ0n) is 11.1. The van der Waals surface area contributed by atoms with Gasteiger partial charge < -0.3 is 5.32 Å². The zero-order valence-corrected chi connectivity index (χ0v) is 11.1. The van der Waals surface area contributed by atoms with Crippen LogP contribution in [0.25, 0.3) is 0 Å². The van der Waals surface area contributed by atoms with Crippen LogP contribution in [0.15, 0.2) is 48.5 Å². The molecule has 0 aliphatic carbocycles. The van der Waals surface area contributed by atoms with Gasteiger partial charge in [0.25, 0.3) is 0 Å². The Morgan fingerprint density at radius 2 is 2.00 bits per heavy atom. The number of halogens is 1. The number of benzene rings is 2. The summed E-state index contributed by atoms with van der Waals surface area (Å²) in [5.74, 6) is 0.402. The molecule has 0 aromatic heterocycles. The van der Waals surface area contributed by atoms with Crippen LogP contribution < -0.4 is 5.32 Å². The Morgan fingerprint density at radius 3 is 2.84 bits per heavy atom. The van der Waals surface area contributed by atoms with E-state index in [2.05, 4.69) is 36.5 Å². The summed E-state index contributed by atoms with van der Waals surface area (Å²) in [6.45, 7) is 2.26. The zero-order chi connectivity index (χ0) is 13.2. The van der Waals surface area contributed by atoms with Gasteiger partial charge in [-0.2, -0.15) is 0 Å². The molecule has 0 saturated carbocycles. The van der Waals surface area contributed by atoms with Gasteiger partial charge in [0.2, 0.25) is 0 Å². The van der Waals surface area contributed by atoms with E-state index in [1.165, 1.54) is 17.3 Å². The molecule has 1 heterocycles. The summed E-state index contributed by atoms with van der Waals surface area (Å²) in [6, 6.07) is 15.7. The lowest BCUT2D eigenvalue weighted by atomic mass is 9.85. The van der Waals surface area contributed by atoms with Crippen molar-refractivity contribution in [2.24, 2.45) is 5.92 Å². The fraction of sp³-hybridized carbons (Fsp3) is 0.294. The number of hydrogen-bond acceptors (Lipinski definition) is 1. The summed E-state index contributed by atoms with van der Waals surface area (Å²) >= 11 is 0. The van der Waals surface area contributed by atoms with Gasteiger partial charge in [-0.3, -0.25) is 0 Å². The van der Waals surface area contributed by atoms with E-state index >= 15 is 0 Å². The molecule has 1 nitrogen and oxygen atoms in total. The van der Waals surface area contributed by atoms with E-state index in [0.29, 0.717) is 12.0 Å². The van der Waals surface area contributed by atoms with Crippen molar-refractivity contribution in [1.82, 2.24) is 0 Å². The first kappa shape index (κ1) is 12.2. The lowest BCUT2D eigenvalue weighted by Gasteiger charge is -2.33. The predicted molar refractivity (Wildman–Crippen MR) is 76.8 cm³/mol. The summed E-state index contributed by atoms with van der Waals surface area (Å²) in [5, 5.41) is 3.59. The number of para-hydroxylation sites is 1. The summed E-state index contributed by atoms with van der Waals surface area (Å²) in [5.41, 5.74) is 3.66. The maximum atomic E-state index is 13.2. The molecule has 0 radical (unpaired) electrons. The molecular formula is C17H18FN. The average Bonchev–Trinajstić information content (AvgIpc) is 2.40. The summed E-state index contributed by atoms with van der Waals surface area (Å²) in [6.07, 6.45) is 1.95. The third-order valence-electron chi connectivity index (χ3n) is 3.93. The minimum atomic E-state index is -0.152. The van der Waals surface area contributed by atoms with Crippen LogP contribution in [0.3, 0.4) is 0 Å². The average molecular weight is 255 g/mol. The van der Waals surface area contributed by atoms with E-state index < -0.39 is 0 Å². The Bertz CT molecular complexity index is 579. The van der Waals surface area contributed by atoms with Crippen LogP contribution in [-0.2, 0) is 12.8 Å². The SMILES string of the molecule is CC1Cc2ccccc2NC1Cc1cccc(F)c1. The molecule has 0 amide bonds. The van der Waals surface area contributed by atoms with Crippen molar-refractivity contribution in [2.45, 2.75) is 25.8 Å². The second-order valence-corrected chi connectivity index (χ2v) is 5.42. The first-order chi connectivity index (χ1) is 9.22. The number of rotatable bonds is 2. The fourth-order valence-corrected chi connectivity index (χ4v) is 2.84. The minimum absolute atomic E-state index is 0.152. The van der Waals surface area contributed by atoms with Crippen molar-refractivity contribution in [2.75, 3.05) is 5.32 Å². The van der Waals surface area contributed by atoms with Crippen LogP contribution in [0.1, 0.15) is 18.1 Å². The normalized spacial score (nSPS) is 21.6. The minimum Gasteiger partial charge on any atom is -0.381 e. The lowest BCUT2D eigenvalue weighted by Crippen LogP contribution is -2.35. The number of fused-ring (bicyclic) bond motifs is 1. The highest BCUT2D eigenvalue weighted by Crippen LogP contribution is 2.29. The van der Waals surface area contributed by atoms with Crippen molar-refractivity contribution in [3.63, 3.8) is 0 Å². The van der Waals surface area contributed by atoms with Gasteiger partial charge in [0.05, 0.1) is 0 Å². The van der Waals surface area contributed by atoms with Crippen molar-refractivity contribution in [1.29, 1.82) is 0 Å². The van der Waals surface area contributed by atoms with Crippen LogP contribution in [0, 0.1) is 11.7 Å². The molecule has 2 atom stereocenters. The van der Waals surface area contributed by atoms with Crippen molar-refractivity contribution < 1.29 is 4.39 Å². The van der Waals surface area contributed by atoms with E-state index in [-0.39, 0.29) is 5.82 Å². The molecule has 98 valence electrons. The highest BCUT2D eigenvalue weighted by molar-refractivity contribution is 5.54. The molecule has 2 aromatic carbocycles. The first-order valence-electron chi connectivity index (χ1n) is 6.81. The highest BCUT2D eigenvalue weighted by atomic mass is 19.1. The fourth-order valence-electron chi connectivity index (χ4n) is 2.84. The molecule has 0 fully saturated rings. The Balaban J connectivity index is 1.79.